The second kappa shape index (κ2) is 3.67. The minimum absolute atomic E-state index is 0.169. The molecule has 0 aliphatic rings. The van der Waals surface area contributed by atoms with E-state index in [1.807, 2.05) is 6.07 Å². The molecule has 2 N–H and O–H groups in total. The highest BCUT2D eigenvalue weighted by Crippen LogP contribution is 2.32. The maximum atomic E-state index is 13.4. The standard InChI is InChI=1S/C10H6FN3S/c11-7-4-2-1-3-6(7)9-8(5-12)14-10(13)15-9/h1-4H,(H2,13,14). The van der Waals surface area contributed by atoms with Crippen molar-refractivity contribution in [3.05, 3.63) is 35.8 Å². The monoisotopic (exact) mass is 219 g/mol. The second-order valence-corrected chi connectivity index (χ2v) is 3.85. The summed E-state index contributed by atoms with van der Waals surface area (Å²) in [5.41, 5.74) is 6.01. The van der Waals surface area contributed by atoms with Gasteiger partial charge in [-0.3, -0.25) is 0 Å². The van der Waals surface area contributed by atoms with Gasteiger partial charge in [-0.2, -0.15) is 5.26 Å². The van der Waals surface area contributed by atoms with Gasteiger partial charge in [0.05, 0.1) is 4.88 Å². The zero-order valence-corrected chi connectivity index (χ0v) is 8.38. The van der Waals surface area contributed by atoms with Crippen LogP contribution in [0.25, 0.3) is 10.4 Å². The van der Waals surface area contributed by atoms with Gasteiger partial charge in [-0.1, -0.05) is 29.5 Å². The summed E-state index contributed by atoms with van der Waals surface area (Å²) >= 11 is 1.11. The van der Waals surface area contributed by atoms with Crippen LogP contribution in [-0.2, 0) is 0 Å². The number of hydrogen-bond donors (Lipinski definition) is 1. The topological polar surface area (TPSA) is 62.7 Å². The number of benzene rings is 1. The lowest BCUT2D eigenvalue weighted by Gasteiger charge is -1.98. The maximum Gasteiger partial charge on any atom is 0.181 e. The number of thiazole rings is 1. The number of nitrogens with zero attached hydrogens (tertiary/aromatic N) is 2. The van der Waals surface area contributed by atoms with E-state index in [1.165, 1.54) is 6.07 Å². The van der Waals surface area contributed by atoms with E-state index in [2.05, 4.69) is 4.98 Å². The smallest absolute Gasteiger partial charge is 0.181 e. The molecule has 0 aliphatic carbocycles. The zero-order valence-electron chi connectivity index (χ0n) is 7.57. The van der Waals surface area contributed by atoms with Gasteiger partial charge in [0.25, 0.3) is 0 Å². The van der Waals surface area contributed by atoms with Crippen LogP contribution in [0.4, 0.5) is 9.52 Å². The lowest BCUT2D eigenvalue weighted by Crippen LogP contribution is -1.84. The molecule has 15 heavy (non-hydrogen) atoms. The van der Waals surface area contributed by atoms with Crippen molar-refractivity contribution < 1.29 is 4.39 Å². The van der Waals surface area contributed by atoms with Crippen LogP contribution in [0, 0.1) is 17.1 Å². The van der Waals surface area contributed by atoms with Crippen molar-refractivity contribution in [1.82, 2.24) is 4.98 Å². The van der Waals surface area contributed by atoms with Crippen LogP contribution >= 0.6 is 11.3 Å². The molecule has 5 heteroatoms. The highest BCUT2D eigenvalue weighted by Gasteiger charge is 2.14. The first-order valence-corrected chi connectivity index (χ1v) is 4.95. The third-order valence-electron chi connectivity index (χ3n) is 1.87. The molecule has 0 spiro atoms. The van der Waals surface area contributed by atoms with Gasteiger partial charge < -0.3 is 5.73 Å². The Morgan fingerprint density at radius 2 is 2.13 bits per heavy atom. The molecule has 0 saturated carbocycles. The number of anilines is 1. The highest BCUT2D eigenvalue weighted by atomic mass is 32.1. The van der Waals surface area contributed by atoms with E-state index in [-0.39, 0.29) is 16.6 Å². The van der Waals surface area contributed by atoms with Gasteiger partial charge in [0.2, 0.25) is 0 Å². The lowest BCUT2D eigenvalue weighted by molar-refractivity contribution is 0.631. The van der Waals surface area contributed by atoms with Crippen molar-refractivity contribution in [3.8, 4) is 16.5 Å². The molecule has 0 fully saturated rings. The predicted molar refractivity (Wildman–Crippen MR) is 56.6 cm³/mol. The summed E-state index contributed by atoms with van der Waals surface area (Å²) in [6.45, 7) is 0. The summed E-state index contributed by atoms with van der Waals surface area (Å²) in [6, 6.07) is 8.13. The van der Waals surface area contributed by atoms with Crippen LogP contribution in [-0.4, -0.2) is 4.98 Å². The van der Waals surface area contributed by atoms with Crippen LogP contribution in [0.2, 0.25) is 0 Å². The molecule has 0 amide bonds. The molecule has 2 rings (SSSR count). The van der Waals surface area contributed by atoms with Crippen LogP contribution in [0.15, 0.2) is 24.3 Å². The Hall–Kier alpha value is -1.93. The number of rotatable bonds is 1. The van der Waals surface area contributed by atoms with E-state index in [1.54, 1.807) is 18.2 Å². The third-order valence-corrected chi connectivity index (χ3v) is 2.79. The summed E-state index contributed by atoms with van der Waals surface area (Å²) in [6.07, 6.45) is 0. The number of nitrogens with two attached hydrogens (primary N) is 1. The Bertz CT molecular complexity index is 542. The number of aromatic nitrogens is 1. The Balaban J connectivity index is 2.65. The third kappa shape index (κ3) is 1.67. The van der Waals surface area contributed by atoms with Gasteiger partial charge in [0.15, 0.2) is 10.8 Å². The molecule has 0 saturated heterocycles. The van der Waals surface area contributed by atoms with E-state index in [4.69, 9.17) is 11.0 Å². The molecule has 0 bridgehead atoms. The second-order valence-electron chi connectivity index (χ2n) is 2.82. The molecule has 0 aliphatic heterocycles. The summed E-state index contributed by atoms with van der Waals surface area (Å²) in [7, 11) is 0. The normalized spacial score (nSPS) is 9.87. The van der Waals surface area contributed by atoms with E-state index in [0.717, 1.165) is 11.3 Å². The fraction of sp³-hybridized carbons (Fsp3) is 0. The molecule has 1 aromatic heterocycles. The minimum atomic E-state index is -0.377. The van der Waals surface area contributed by atoms with E-state index in [0.29, 0.717) is 10.4 Å². The first kappa shape index (κ1) is 9.62. The molecular formula is C10H6FN3S. The summed E-state index contributed by atoms with van der Waals surface area (Å²) in [4.78, 5) is 4.29. The Kier molecular flexibility index (Phi) is 2.35. The fourth-order valence-corrected chi connectivity index (χ4v) is 2.05. The van der Waals surface area contributed by atoms with Gasteiger partial charge in [0.1, 0.15) is 11.9 Å². The van der Waals surface area contributed by atoms with Crippen LogP contribution in [0.5, 0.6) is 0 Å². The molecule has 2 aromatic rings. The summed E-state index contributed by atoms with van der Waals surface area (Å²) < 4.78 is 13.4. The maximum absolute atomic E-state index is 13.4. The number of nitriles is 1. The highest BCUT2D eigenvalue weighted by molar-refractivity contribution is 7.19. The van der Waals surface area contributed by atoms with Crippen molar-refractivity contribution in [2.24, 2.45) is 0 Å². The SMILES string of the molecule is N#Cc1nc(N)sc1-c1ccccc1F. The molecule has 74 valence electrons. The lowest BCUT2D eigenvalue weighted by atomic mass is 10.1. The molecule has 1 aromatic carbocycles. The first-order chi connectivity index (χ1) is 7.22. The average molecular weight is 219 g/mol. The quantitative estimate of drug-likeness (QED) is 0.801. The Morgan fingerprint density at radius 3 is 2.80 bits per heavy atom. The van der Waals surface area contributed by atoms with Crippen LogP contribution < -0.4 is 5.73 Å². The number of hydrogen-bond acceptors (Lipinski definition) is 4. The molecule has 3 nitrogen and oxygen atoms in total. The van der Waals surface area contributed by atoms with Gasteiger partial charge in [-0.25, -0.2) is 9.37 Å². The molecule has 1 heterocycles. The average Bonchev–Trinajstić information content (AvgIpc) is 2.60. The Morgan fingerprint density at radius 1 is 1.40 bits per heavy atom. The van der Waals surface area contributed by atoms with Crippen molar-refractivity contribution >= 4 is 16.5 Å². The van der Waals surface area contributed by atoms with Gasteiger partial charge in [-0.05, 0) is 6.07 Å². The summed E-state index contributed by atoms with van der Waals surface area (Å²) in [5, 5.41) is 9.07. The van der Waals surface area contributed by atoms with Gasteiger partial charge in [-0.15, -0.1) is 0 Å². The predicted octanol–water partition coefficient (Wildman–Crippen LogP) is 2.40. The molecule has 0 unspecified atom stereocenters. The number of nitrogen functional groups attached to an aromatic ring is 1. The molecule has 0 atom stereocenters. The fourth-order valence-electron chi connectivity index (χ4n) is 1.24. The van der Waals surface area contributed by atoms with Gasteiger partial charge in [0, 0.05) is 5.56 Å². The number of halogens is 1. The van der Waals surface area contributed by atoms with E-state index in [9.17, 15) is 4.39 Å². The summed E-state index contributed by atoms with van der Waals surface area (Å²) in [5.74, 6) is -0.377. The van der Waals surface area contributed by atoms with Crippen molar-refractivity contribution in [2.75, 3.05) is 5.73 Å². The van der Waals surface area contributed by atoms with E-state index < -0.39 is 0 Å². The van der Waals surface area contributed by atoms with Crippen LogP contribution in [0.3, 0.4) is 0 Å². The van der Waals surface area contributed by atoms with Crippen molar-refractivity contribution in [1.29, 1.82) is 5.26 Å². The minimum Gasteiger partial charge on any atom is -0.375 e. The zero-order chi connectivity index (χ0) is 10.8. The van der Waals surface area contributed by atoms with Crippen LogP contribution in [0.1, 0.15) is 5.69 Å². The van der Waals surface area contributed by atoms with Crippen molar-refractivity contribution in [2.45, 2.75) is 0 Å². The van der Waals surface area contributed by atoms with Crippen molar-refractivity contribution in [3.63, 3.8) is 0 Å². The molecular weight excluding hydrogens is 213 g/mol. The first-order valence-electron chi connectivity index (χ1n) is 4.13. The Labute approximate surface area is 89.6 Å². The van der Waals surface area contributed by atoms with Gasteiger partial charge >= 0.3 is 0 Å². The largest absolute Gasteiger partial charge is 0.375 e. The molecule has 0 radical (unpaired) electrons. The van der Waals surface area contributed by atoms with E-state index >= 15 is 0 Å².